The van der Waals surface area contributed by atoms with Gasteiger partial charge in [-0.05, 0) is 54.3 Å². The average molecular weight is 421 g/mol. The van der Waals surface area contributed by atoms with Crippen molar-refractivity contribution in [2.24, 2.45) is 5.73 Å². The fraction of sp³-hybridized carbons (Fsp3) is 0.304. The maximum Gasteiger partial charge on any atom is 0.144 e. The highest BCUT2D eigenvalue weighted by atomic mass is 35.5. The van der Waals surface area contributed by atoms with Gasteiger partial charge in [0.25, 0.3) is 0 Å². The van der Waals surface area contributed by atoms with E-state index in [1.165, 1.54) is 18.2 Å². The highest BCUT2D eigenvalue weighted by Gasteiger charge is 2.29. The lowest BCUT2D eigenvalue weighted by atomic mass is 9.84. The molecule has 0 spiro atoms. The molecule has 29 heavy (non-hydrogen) atoms. The van der Waals surface area contributed by atoms with Crippen LogP contribution in [0.4, 0.5) is 13.2 Å². The van der Waals surface area contributed by atoms with Crippen molar-refractivity contribution in [3.8, 4) is 0 Å². The number of hydrogen-bond acceptors (Lipinski definition) is 2. The molecule has 2 nitrogen and oxygen atoms in total. The fourth-order valence-electron chi connectivity index (χ4n) is 3.85. The predicted molar refractivity (Wildman–Crippen MR) is 111 cm³/mol. The van der Waals surface area contributed by atoms with E-state index in [1.807, 2.05) is 26.0 Å². The van der Waals surface area contributed by atoms with E-state index in [1.54, 1.807) is 6.07 Å². The molecule has 0 saturated carbocycles. The van der Waals surface area contributed by atoms with Crippen molar-refractivity contribution in [1.29, 1.82) is 0 Å². The van der Waals surface area contributed by atoms with Crippen LogP contribution in [0.15, 0.2) is 59.3 Å². The van der Waals surface area contributed by atoms with Crippen LogP contribution in [0.5, 0.6) is 0 Å². The first kappa shape index (κ1) is 21.5. The molecule has 3 N–H and O–H groups in total. The summed E-state index contributed by atoms with van der Waals surface area (Å²) in [7, 11) is 0. The molecule has 0 bridgehead atoms. The molecule has 2 atom stereocenters. The van der Waals surface area contributed by atoms with Crippen LogP contribution in [-0.4, -0.2) is 6.54 Å². The van der Waals surface area contributed by atoms with Crippen molar-refractivity contribution in [3.63, 3.8) is 0 Å². The molecule has 0 radical (unpaired) electrons. The van der Waals surface area contributed by atoms with E-state index in [0.29, 0.717) is 0 Å². The quantitative estimate of drug-likeness (QED) is 0.550. The van der Waals surface area contributed by atoms with E-state index >= 15 is 0 Å². The largest absolute Gasteiger partial charge is 0.377 e. The van der Waals surface area contributed by atoms with Crippen LogP contribution in [0.3, 0.4) is 0 Å². The van der Waals surface area contributed by atoms with Crippen LogP contribution in [-0.2, 0) is 0 Å². The summed E-state index contributed by atoms with van der Waals surface area (Å²) >= 11 is 5.94. The summed E-state index contributed by atoms with van der Waals surface area (Å²) in [5, 5.41) is 3.24. The normalized spacial score (nSPS) is 17.8. The average Bonchev–Trinajstić information content (AvgIpc) is 2.67. The summed E-state index contributed by atoms with van der Waals surface area (Å²) in [6.45, 7) is 4.25. The second-order valence-corrected chi connectivity index (χ2v) is 7.67. The first-order chi connectivity index (χ1) is 13.8. The molecule has 6 heteroatoms. The topological polar surface area (TPSA) is 38.0 Å². The van der Waals surface area contributed by atoms with Gasteiger partial charge < -0.3 is 11.1 Å². The number of hydrogen-bond donors (Lipinski definition) is 2. The maximum absolute atomic E-state index is 14.7. The molecule has 2 aromatic carbocycles. The lowest BCUT2D eigenvalue weighted by Crippen LogP contribution is -2.32. The summed E-state index contributed by atoms with van der Waals surface area (Å²) < 4.78 is 42.1. The lowest BCUT2D eigenvalue weighted by Gasteiger charge is -2.34. The Balaban J connectivity index is 2.08. The molecule has 0 amide bonds. The molecule has 1 aliphatic heterocycles. The van der Waals surface area contributed by atoms with Gasteiger partial charge in [0.1, 0.15) is 17.5 Å². The van der Waals surface area contributed by atoms with Crippen molar-refractivity contribution in [1.82, 2.24) is 5.32 Å². The van der Waals surface area contributed by atoms with Gasteiger partial charge in [0.2, 0.25) is 0 Å². The minimum Gasteiger partial charge on any atom is -0.377 e. The summed E-state index contributed by atoms with van der Waals surface area (Å²) in [4.78, 5) is 0. The third-order valence-corrected chi connectivity index (χ3v) is 5.56. The Morgan fingerprint density at radius 1 is 1.14 bits per heavy atom. The van der Waals surface area contributed by atoms with Crippen LogP contribution in [0.1, 0.15) is 49.8 Å². The minimum atomic E-state index is -0.795. The Bertz CT molecular complexity index is 969. The third-order valence-electron chi connectivity index (χ3n) is 5.27. The minimum absolute atomic E-state index is 0.131. The number of dihydropyridines is 1. The van der Waals surface area contributed by atoms with Crippen LogP contribution < -0.4 is 11.1 Å². The zero-order chi connectivity index (χ0) is 21.1. The summed E-state index contributed by atoms with van der Waals surface area (Å²) in [5.41, 5.74) is 9.78. The van der Waals surface area contributed by atoms with Gasteiger partial charge in [0.15, 0.2) is 0 Å². The predicted octanol–water partition coefficient (Wildman–Crippen LogP) is 6.14. The molecule has 2 unspecified atom stereocenters. The second-order valence-electron chi connectivity index (χ2n) is 7.27. The van der Waals surface area contributed by atoms with Crippen LogP contribution >= 0.6 is 11.6 Å². The number of benzene rings is 2. The summed E-state index contributed by atoms with van der Waals surface area (Å²) in [6, 6.07) is 7.91. The van der Waals surface area contributed by atoms with Crippen molar-refractivity contribution in [3.05, 3.63) is 92.9 Å². The fourth-order valence-corrected chi connectivity index (χ4v) is 4.02. The number of halogens is 4. The molecule has 2 aromatic rings. The molecule has 0 aliphatic carbocycles. The highest BCUT2D eigenvalue weighted by Crippen LogP contribution is 2.38. The molecule has 1 aliphatic rings. The number of rotatable bonds is 6. The second kappa shape index (κ2) is 9.06. The SMILES string of the molecule is CCCC1=C(C)C=C(C(CN)c2cccc(F)c2)NC1c1cc(Cl)c(F)cc1F. The van der Waals surface area contributed by atoms with Gasteiger partial charge in [-0.2, -0.15) is 0 Å². The first-order valence-electron chi connectivity index (χ1n) is 9.63. The first-order valence-corrected chi connectivity index (χ1v) is 10.0. The van der Waals surface area contributed by atoms with E-state index in [-0.39, 0.29) is 28.9 Å². The Hall–Kier alpha value is -2.24. The molecular formula is C23H24ClF3N2. The Labute approximate surface area is 174 Å². The zero-order valence-corrected chi connectivity index (χ0v) is 17.2. The lowest BCUT2D eigenvalue weighted by molar-refractivity contribution is 0.526. The van der Waals surface area contributed by atoms with Gasteiger partial charge >= 0.3 is 0 Å². The molecule has 154 valence electrons. The number of allylic oxidation sites excluding steroid dienone is 2. The molecule has 0 fully saturated rings. The zero-order valence-electron chi connectivity index (χ0n) is 16.4. The Morgan fingerprint density at radius 3 is 2.55 bits per heavy atom. The van der Waals surface area contributed by atoms with E-state index < -0.39 is 17.7 Å². The van der Waals surface area contributed by atoms with E-state index in [0.717, 1.165) is 41.3 Å². The molecular weight excluding hydrogens is 397 g/mol. The van der Waals surface area contributed by atoms with Crippen LogP contribution in [0, 0.1) is 17.5 Å². The summed E-state index contributed by atoms with van der Waals surface area (Å²) in [6.07, 6.45) is 3.59. The van der Waals surface area contributed by atoms with E-state index in [9.17, 15) is 13.2 Å². The monoisotopic (exact) mass is 420 g/mol. The van der Waals surface area contributed by atoms with Crippen molar-refractivity contribution in [2.45, 2.75) is 38.6 Å². The highest BCUT2D eigenvalue weighted by molar-refractivity contribution is 6.30. The van der Waals surface area contributed by atoms with Crippen molar-refractivity contribution >= 4 is 11.6 Å². The smallest absolute Gasteiger partial charge is 0.144 e. The number of nitrogens with one attached hydrogen (secondary N) is 1. The van der Waals surface area contributed by atoms with Gasteiger partial charge in [-0.25, -0.2) is 13.2 Å². The van der Waals surface area contributed by atoms with Gasteiger partial charge in [0, 0.05) is 29.8 Å². The van der Waals surface area contributed by atoms with Gasteiger partial charge in [-0.3, -0.25) is 0 Å². The van der Waals surface area contributed by atoms with E-state index in [2.05, 4.69) is 5.32 Å². The van der Waals surface area contributed by atoms with E-state index in [4.69, 9.17) is 17.3 Å². The Morgan fingerprint density at radius 2 is 1.90 bits per heavy atom. The number of nitrogens with two attached hydrogens (primary N) is 1. The molecule has 0 aromatic heterocycles. The third kappa shape index (κ3) is 4.51. The molecule has 3 rings (SSSR count). The van der Waals surface area contributed by atoms with Crippen LogP contribution in [0.2, 0.25) is 5.02 Å². The Kier molecular flexibility index (Phi) is 6.70. The summed E-state index contributed by atoms with van der Waals surface area (Å²) in [5.74, 6) is -2.09. The van der Waals surface area contributed by atoms with Gasteiger partial charge in [0.05, 0.1) is 11.1 Å². The standard InChI is InChI=1S/C23H24ClF3N2/c1-3-5-16-13(2)8-22(18(12-28)14-6-4-7-15(25)9-14)29-23(16)17-10-19(24)21(27)11-20(17)26/h4,6-11,18,23,29H,3,5,12,28H2,1-2H3. The van der Waals surface area contributed by atoms with Crippen molar-refractivity contribution in [2.75, 3.05) is 6.54 Å². The molecule has 1 heterocycles. The van der Waals surface area contributed by atoms with Crippen LogP contribution in [0.25, 0.3) is 0 Å². The van der Waals surface area contributed by atoms with Gasteiger partial charge in [-0.1, -0.05) is 37.1 Å². The van der Waals surface area contributed by atoms with Crippen molar-refractivity contribution < 1.29 is 13.2 Å². The maximum atomic E-state index is 14.7. The van der Waals surface area contributed by atoms with Gasteiger partial charge in [-0.15, -0.1) is 0 Å². The molecule has 0 saturated heterocycles.